The van der Waals surface area contributed by atoms with Crippen molar-refractivity contribution in [1.29, 1.82) is 0 Å². The number of imidazole rings is 1. The maximum atomic E-state index is 12.9. The van der Waals surface area contributed by atoms with E-state index in [1.807, 2.05) is 14.1 Å². The van der Waals surface area contributed by atoms with Gasteiger partial charge in [0.05, 0.1) is 6.54 Å². The fraction of sp³-hybridized carbons (Fsp3) is 0.667. The van der Waals surface area contributed by atoms with E-state index in [9.17, 15) is 13.2 Å². The van der Waals surface area contributed by atoms with E-state index in [-0.39, 0.29) is 5.92 Å². The number of halogens is 3. The van der Waals surface area contributed by atoms with Crippen LogP contribution < -0.4 is 4.90 Å². The highest BCUT2D eigenvalue weighted by molar-refractivity contribution is 5.23. The number of rotatable bonds is 4. The second-order valence-electron chi connectivity index (χ2n) is 6.55. The molecule has 0 spiro atoms. The Kier molecular flexibility index (Phi) is 4.72. The normalized spacial score (nSPS) is 19.4. The molecular weight excluding hydrogens is 337 g/mol. The third-order valence-electron chi connectivity index (χ3n) is 4.29. The maximum Gasteiger partial charge on any atom is 0.434 e. The third-order valence-corrected chi connectivity index (χ3v) is 4.29. The maximum absolute atomic E-state index is 12.9. The summed E-state index contributed by atoms with van der Waals surface area (Å²) >= 11 is 0. The van der Waals surface area contributed by atoms with E-state index < -0.39 is 11.9 Å². The molecule has 0 aliphatic carbocycles. The lowest BCUT2D eigenvalue weighted by atomic mass is 9.97. The fourth-order valence-electron chi connectivity index (χ4n) is 3.09. The molecule has 1 aliphatic heterocycles. The summed E-state index contributed by atoms with van der Waals surface area (Å²) in [6.07, 6.45) is -1.68. The molecule has 0 bridgehead atoms. The summed E-state index contributed by atoms with van der Waals surface area (Å²) < 4.78 is 45.3. The molecule has 0 unspecified atom stereocenters. The smallest absolute Gasteiger partial charge is 0.344 e. The van der Waals surface area contributed by atoms with Crippen LogP contribution in [0, 0.1) is 0 Å². The summed E-state index contributed by atoms with van der Waals surface area (Å²) in [6, 6.07) is 0. The predicted molar refractivity (Wildman–Crippen MR) is 84.1 cm³/mol. The van der Waals surface area contributed by atoms with Crippen LogP contribution in [0.15, 0.2) is 10.7 Å². The van der Waals surface area contributed by atoms with Gasteiger partial charge in [-0.15, -0.1) is 0 Å². The minimum Gasteiger partial charge on any atom is -0.344 e. The molecule has 3 heterocycles. The number of aromatic nitrogens is 4. The molecule has 3 rings (SSSR count). The summed E-state index contributed by atoms with van der Waals surface area (Å²) in [4.78, 5) is 12.0. The summed E-state index contributed by atoms with van der Waals surface area (Å²) in [5.74, 6) is 1.42. The van der Waals surface area contributed by atoms with Crippen LogP contribution in [0.1, 0.15) is 36.2 Å². The number of hydrogen-bond acceptors (Lipinski definition) is 6. The molecule has 25 heavy (non-hydrogen) atoms. The second kappa shape index (κ2) is 6.66. The molecule has 0 saturated carbocycles. The van der Waals surface area contributed by atoms with Gasteiger partial charge in [-0.25, -0.2) is 4.98 Å². The Morgan fingerprint density at radius 1 is 1.32 bits per heavy atom. The van der Waals surface area contributed by atoms with Gasteiger partial charge in [-0.05, 0) is 24.5 Å². The van der Waals surface area contributed by atoms with Crippen molar-refractivity contribution >= 4 is 5.95 Å². The predicted octanol–water partition coefficient (Wildman–Crippen LogP) is 2.27. The van der Waals surface area contributed by atoms with E-state index in [2.05, 4.69) is 20.0 Å². The molecule has 2 aromatic heterocycles. The van der Waals surface area contributed by atoms with Gasteiger partial charge in [0.25, 0.3) is 5.95 Å². The van der Waals surface area contributed by atoms with Crippen molar-refractivity contribution in [3.63, 3.8) is 0 Å². The van der Waals surface area contributed by atoms with Crippen LogP contribution >= 0.6 is 0 Å². The molecule has 138 valence electrons. The number of alkyl halides is 3. The summed E-state index contributed by atoms with van der Waals surface area (Å²) in [6.45, 7) is 1.93. The SMILES string of the molecule is CN(C)c1noc(CN2CCC[C@@H](c3nc(C(F)(F)F)cn3C)C2)n1. The zero-order valence-electron chi connectivity index (χ0n) is 14.4. The van der Waals surface area contributed by atoms with Gasteiger partial charge < -0.3 is 14.0 Å². The Hall–Kier alpha value is -2.10. The molecule has 0 N–H and O–H groups in total. The van der Waals surface area contributed by atoms with Crippen molar-refractivity contribution in [1.82, 2.24) is 24.6 Å². The molecule has 0 radical (unpaired) electrons. The Bertz CT molecular complexity index is 723. The summed E-state index contributed by atoms with van der Waals surface area (Å²) in [5, 5.41) is 3.87. The average molecular weight is 358 g/mol. The monoisotopic (exact) mass is 358 g/mol. The van der Waals surface area contributed by atoms with Crippen LogP contribution in [0.5, 0.6) is 0 Å². The first-order valence-corrected chi connectivity index (χ1v) is 8.06. The van der Waals surface area contributed by atoms with Crippen molar-refractivity contribution in [3.8, 4) is 0 Å². The zero-order chi connectivity index (χ0) is 18.2. The molecule has 1 aliphatic rings. The van der Waals surface area contributed by atoms with E-state index in [1.165, 1.54) is 4.57 Å². The van der Waals surface area contributed by atoms with Crippen LogP contribution in [-0.4, -0.2) is 51.8 Å². The highest BCUT2D eigenvalue weighted by Gasteiger charge is 2.36. The van der Waals surface area contributed by atoms with Crippen LogP contribution in [0.2, 0.25) is 0 Å². The van der Waals surface area contributed by atoms with Crippen LogP contribution in [0.25, 0.3) is 0 Å². The fourth-order valence-corrected chi connectivity index (χ4v) is 3.09. The number of nitrogens with zero attached hydrogens (tertiary/aromatic N) is 6. The second-order valence-corrected chi connectivity index (χ2v) is 6.55. The van der Waals surface area contributed by atoms with E-state index in [1.54, 1.807) is 11.9 Å². The number of piperidine rings is 1. The highest BCUT2D eigenvalue weighted by Crippen LogP contribution is 2.32. The lowest BCUT2D eigenvalue weighted by Crippen LogP contribution is -2.35. The molecule has 7 nitrogen and oxygen atoms in total. The average Bonchev–Trinajstić information content (AvgIpc) is 3.14. The van der Waals surface area contributed by atoms with Crippen molar-refractivity contribution in [2.24, 2.45) is 7.05 Å². The van der Waals surface area contributed by atoms with E-state index in [4.69, 9.17) is 4.52 Å². The van der Waals surface area contributed by atoms with Crippen molar-refractivity contribution in [2.75, 3.05) is 32.1 Å². The zero-order valence-corrected chi connectivity index (χ0v) is 14.4. The van der Waals surface area contributed by atoms with Gasteiger partial charge in [0, 0.05) is 39.8 Å². The largest absolute Gasteiger partial charge is 0.434 e. The van der Waals surface area contributed by atoms with Crippen LogP contribution in [-0.2, 0) is 19.8 Å². The molecule has 10 heteroatoms. The van der Waals surface area contributed by atoms with Gasteiger partial charge >= 0.3 is 6.18 Å². The number of aryl methyl sites for hydroxylation is 1. The number of anilines is 1. The standard InChI is InChI=1S/C15H21F3N6O/c1-22(2)14-20-12(25-21-14)9-24-6-4-5-10(7-24)13-19-11(8-23(13)3)15(16,17)18/h8,10H,4-7,9H2,1-3H3/t10-/m1/s1. The molecule has 1 fully saturated rings. The van der Waals surface area contributed by atoms with Crippen molar-refractivity contribution in [3.05, 3.63) is 23.6 Å². The number of hydrogen-bond donors (Lipinski definition) is 0. The lowest BCUT2D eigenvalue weighted by Gasteiger charge is -2.31. The highest BCUT2D eigenvalue weighted by atomic mass is 19.4. The van der Waals surface area contributed by atoms with Gasteiger partial charge in [-0.2, -0.15) is 18.2 Å². The third kappa shape index (κ3) is 3.94. The van der Waals surface area contributed by atoms with Crippen molar-refractivity contribution in [2.45, 2.75) is 31.5 Å². The van der Waals surface area contributed by atoms with Gasteiger partial charge in [0.15, 0.2) is 5.69 Å². The van der Waals surface area contributed by atoms with E-state index >= 15 is 0 Å². The van der Waals surface area contributed by atoms with Gasteiger partial charge in [-0.1, -0.05) is 0 Å². The van der Waals surface area contributed by atoms with Crippen LogP contribution in [0.3, 0.4) is 0 Å². The lowest BCUT2D eigenvalue weighted by molar-refractivity contribution is -0.141. The molecule has 1 saturated heterocycles. The summed E-state index contributed by atoms with van der Waals surface area (Å²) in [5.41, 5.74) is -0.838. The van der Waals surface area contributed by atoms with E-state index in [0.29, 0.717) is 30.8 Å². The van der Waals surface area contributed by atoms with Crippen LogP contribution in [0.4, 0.5) is 19.1 Å². The Labute approximate surface area is 143 Å². The van der Waals surface area contributed by atoms with Gasteiger partial charge in [-0.3, -0.25) is 4.90 Å². The molecule has 0 aromatic carbocycles. The number of likely N-dealkylation sites (tertiary alicyclic amines) is 1. The molecule has 1 atom stereocenters. The molecular formula is C15H21F3N6O. The first-order valence-electron chi connectivity index (χ1n) is 8.06. The molecule has 0 amide bonds. The Morgan fingerprint density at radius 3 is 2.68 bits per heavy atom. The quantitative estimate of drug-likeness (QED) is 0.836. The van der Waals surface area contributed by atoms with E-state index in [0.717, 1.165) is 25.6 Å². The Morgan fingerprint density at radius 2 is 2.08 bits per heavy atom. The first kappa shape index (κ1) is 17.7. The van der Waals surface area contributed by atoms with Gasteiger partial charge in [0.1, 0.15) is 5.82 Å². The minimum absolute atomic E-state index is 0.0499. The summed E-state index contributed by atoms with van der Waals surface area (Å²) in [7, 11) is 5.26. The molecule has 2 aromatic rings. The Balaban J connectivity index is 1.69. The first-order chi connectivity index (χ1) is 11.7. The minimum atomic E-state index is -4.42. The van der Waals surface area contributed by atoms with Gasteiger partial charge in [0.2, 0.25) is 5.89 Å². The van der Waals surface area contributed by atoms with Crippen molar-refractivity contribution < 1.29 is 17.7 Å². The topological polar surface area (TPSA) is 63.2 Å².